The van der Waals surface area contributed by atoms with Gasteiger partial charge in [-0.2, -0.15) is 0 Å². The van der Waals surface area contributed by atoms with Crippen LogP contribution in [0.4, 0.5) is 0 Å². The van der Waals surface area contributed by atoms with Gasteiger partial charge in [-0.05, 0) is 31.2 Å². The standard InChI is InChI=1S/C11H13BrN2/c1-8-6-9-7-10(12)2-3-11(9)14(8)5-4-13/h2-3,6-7H,4-5,13H2,1H3. The van der Waals surface area contributed by atoms with Gasteiger partial charge in [0.1, 0.15) is 0 Å². The zero-order valence-corrected chi connectivity index (χ0v) is 9.71. The van der Waals surface area contributed by atoms with E-state index in [2.05, 4.69) is 51.7 Å². The van der Waals surface area contributed by atoms with Crippen molar-refractivity contribution in [1.29, 1.82) is 0 Å². The van der Waals surface area contributed by atoms with Gasteiger partial charge in [-0.25, -0.2) is 0 Å². The molecule has 0 unspecified atom stereocenters. The number of benzene rings is 1. The topological polar surface area (TPSA) is 30.9 Å². The van der Waals surface area contributed by atoms with Gasteiger partial charge in [-0.3, -0.25) is 0 Å². The van der Waals surface area contributed by atoms with Gasteiger partial charge in [-0.15, -0.1) is 0 Å². The number of aromatic nitrogens is 1. The molecule has 1 heterocycles. The molecule has 0 aliphatic carbocycles. The highest BCUT2D eigenvalue weighted by molar-refractivity contribution is 9.10. The highest BCUT2D eigenvalue weighted by atomic mass is 79.9. The summed E-state index contributed by atoms with van der Waals surface area (Å²) in [5.74, 6) is 0. The summed E-state index contributed by atoms with van der Waals surface area (Å²) >= 11 is 3.47. The molecule has 0 spiro atoms. The fourth-order valence-corrected chi connectivity index (χ4v) is 2.18. The average molecular weight is 253 g/mol. The van der Waals surface area contributed by atoms with Crippen LogP contribution in [0.5, 0.6) is 0 Å². The van der Waals surface area contributed by atoms with Crippen LogP contribution in [0.2, 0.25) is 0 Å². The van der Waals surface area contributed by atoms with Crippen molar-refractivity contribution in [3.05, 3.63) is 34.4 Å². The third kappa shape index (κ3) is 1.57. The van der Waals surface area contributed by atoms with E-state index in [-0.39, 0.29) is 0 Å². The molecule has 0 saturated heterocycles. The van der Waals surface area contributed by atoms with Gasteiger partial charge in [0.2, 0.25) is 0 Å². The second kappa shape index (κ2) is 3.75. The first kappa shape index (κ1) is 9.74. The molecule has 0 atom stereocenters. The second-order valence-corrected chi connectivity index (χ2v) is 4.34. The van der Waals surface area contributed by atoms with E-state index in [4.69, 9.17) is 5.73 Å². The normalized spacial score (nSPS) is 11.1. The first-order valence-corrected chi connectivity index (χ1v) is 5.47. The Kier molecular flexibility index (Phi) is 2.61. The molecular formula is C11H13BrN2. The summed E-state index contributed by atoms with van der Waals surface area (Å²) in [4.78, 5) is 0. The number of nitrogens with zero attached hydrogens (tertiary/aromatic N) is 1. The van der Waals surface area contributed by atoms with Gasteiger partial charge in [-0.1, -0.05) is 15.9 Å². The molecule has 2 rings (SSSR count). The molecule has 0 bridgehead atoms. The molecule has 0 radical (unpaired) electrons. The fourth-order valence-electron chi connectivity index (χ4n) is 1.81. The first-order valence-electron chi connectivity index (χ1n) is 4.68. The van der Waals surface area contributed by atoms with Gasteiger partial charge in [0.05, 0.1) is 0 Å². The SMILES string of the molecule is Cc1cc2cc(Br)ccc2n1CCN. The molecule has 2 aromatic rings. The van der Waals surface area contributed by atoms with Crippen molar-refractivity contribution in [3.63, 3.8) is 0 Å². The Labute approximate surface area is 91.8 Å². The Balaban J connectivity index is 2.64. The number of nitrogens with two attached hydrogens (primary N) is 1. The van der Waals surface area contributed by atoms with Gasteiger partial charge in [0, 0.05) is 34.2 Å². The van der Waals surface area contributed by atoms with Crippen LogP contribution < -0.4 is 5.73 Å². The summed E-state index contributed by atoms with van der Waals surface area (Å²) in [6.07, 6.45) is 0. The lowest BCUT2D eigenvalue weighted by atomic mass is 10.2. The van der Waals surface area contributed by atoms with Crippen molar-refractivity contribution >= 4 is 26.8 Å². The first-order chi connectivity index (χ1) is 6.72. The third-order valence-electron chi connectivity index (χ3n) is 2.42. The lowest BCUT2D eigenvalue weighted by Crippen LogP contribution is -2.10. The number of hydrogen-bond donors (Lipinski definition) is 1. The number of rotatable bonds is 2. The maximum Gasteiger partial charge on any atom is 0.0483 e. The van der Waals surface area contributed by atoms with E-state index in [0.717, 1.165) is 11.0 Å². The van der Waals surface area contributed by atoms with Crippen molar-refractivity contribution in [2.75, 3.05) is 6.54 Å². The lowest BCUT2D eigenvalue weighted by Gasteiger charge is -2.05. The average Bonchev–Trinajstić information content (AvgIpc) is 2.43. The molecule has 3 heteroatoms. The predicted octanol–water partition coefficient (Wildman–Crippen LogP) is 2.67. The van der Waals surface area contributed by atoms with Crippen molar-refractivity contribution < 1.29 is 0 Å². The van der Waals surface area contributed by atoms with Crippen LogP contribution >= 0.6 is 15.9 Å². The van der Waals surface area contributed by atoms with E-state index in [9.17, 15) is 0 Å². The number of fused-ring (bicyclic) bond motifs is 1. The van der Waals surface area contributed by atoms with Crippen LogP contribution in [0, 0.1) is 6.92 Å². The molecular weight excluding hydrogens is 240 g/mol. The van der Waals surface area contributed by atoms with Gasteiger partial charge in [0.15, 0.2) is 0 Å². The molecule has 0 fully saturated rings. The largest absolute Gasteiger partial charge is 0.344 e. The van der Waals surface area contributed by atoms with Crippen LogP contribution in [0.25, 0.3) is 10.9 Å². The predicted molar refractivity (Wildman–Crippen MR) is 63.4 cm³/mol. The van der Waals surface area contributed by atoms with E-state index in [1.165, 1.54) is 16.6 Å². The van der Waals surface area contributed by atoms with Gasteiger partial charge < -0.3 is 10.3 Å². The Morgan fingerprint density at radius 1 is 1.36 bits per heavy atom. The van der Waals surface area contributed by atoms with Crippen LogP contribution in [-0.4, -0.2) is 11.1 Å². The molecule has 0 aliphatic heterocycles. The number of hydrogen-bond acceptors (Lipinski definition) is 1. The minimum atomic E-state index is 0.681. The highest BCUT2D eigenvalue weighted by Crippen LogP contribution is 2.23. The molecule has 74 valence electrons. The Morgan fingerprint density at radius 2 is 2.14 bits per heavy atom. The quantitative estimate of drug-likeness (QED) is 0.876. The molecule has 0 aliphatic rings. The van der Waals surface area contributed by atoms with Crippen LogP contribution in [-0.2, 0) is 6.54 Å². The molecule has 0 saturated carbocycles. The Bertz CT molecular complexity index is 460. The second-order valence-electron chi connectivity index (χ2n) is 3.43. The molecule has 14 heavy (non-hydrogen) atoms. The van der Waals surface area contributed by atoms with Crippen LogP contribution in [0.1, 0.15) is 5.69 Å². The van der Waals surface area contributed by atoms with E-state index in [1.54, 1.807) is 0 Å². The molecule has 2 N–H and O–H groups in total. The Hall–Kier alpha value is -0.800. The number of aryl methyl sites for hydroxylation is 1. The minimum Gasteiger partial charge on any atom is -0.344 e. The van der Waals surface area contributed by atoms with Crippen molar-refractivity contribution in [2.45, 2.75) is 13.5 Å². The summed E-state index contributed by atoms with van der Waals surface area (Å²) in [5.41, 5.74) is 8.11. The summed E-state index contributed by atoms with van der Waals surface area (Å²) in [5, 5.41) is 1.27. The van der Waals surface area contributed by atoms with Crippen molar-refractivity contribution in [2.24, 2.45) is 5.73 Å². The van der Waals surface area contributed by atoms with Gasteiger partial charge >= 0.3 is 0 Å². The third-order valence-corrected chi connectivity index (χ3v) is 2.92. The summed E-state index contributed by atoms with van der Waals surface area (Å²) in [6, 6.07) is 8.52. The molecule has 2 nitrogen and oxygen atoms in total. The maximum atomic E-state index is 5.58. The summed E-state index contributed by atoms with van der Waals surface area (Å²) in [6.45, 7) is 3.68. The summed E-state index contributed by atoms with van der Waals surface area (Å²) in [7, 11) is 0. The van der Waals surface area contributed by atoms with E-state index < -0.39 is 0 Å². The van der Waals surface area contributed by atoms with Crippen LogP contribution in [0.15, 0.2) is 28.7 Å². The Morgan fingerprint density at radius 3 is 2.86 bits per heavy atom. The molecule has 1 aromatic heterocycles. The number of halogens is 1. The lowest BCUT2D eigenvalue weighted by molar-refractivity contribution is 0.715. The molecule has 0 amide bonds. The van der Waals surface area contributed by atoms with Crippen LogP contribution in [0.3, 0.4) is 0 Å². The zero-order chi connectivity index (χ0) is 10.1. The van der Waals surface area contributed by atoms with E-state index >= 15 is 0 Å². The highest BCUT2D eigenvalue weighted by Gasteiger charge is 2.04. The molecule has 1 aromatic carbocycles. The smallest absolute Gasteiger partial charge is 0.0483 e. The van der Waals surface area contributed by atoms with E-state index in [1.807, 2.05) is 0 Å². The summed E-state index contributed by atoms with van der Waals surface area (Å²) < 4.78 is 3.37. The minimum absolute atomic E-state index is 0.681. The van der Waals surface area contributed by atoms with Crippen molar-refractivity contribution in [1.82, 2.24) is 4.57 Å². The zero-order valence-electron chi connectivity index (χ0n) is 8.13. The maximum absolute atomic E-state index is 5.58. The monoisotopic (exact) mass is 252 g/mol. The van der Waals surface area contributed by atoms with Crippen molar-refractivity contribution in [3.8, 4) is 0 Å². The van der Waals surface area contributed by atoms with Gasteiger partial charge in [0.25, 0.3) is 0 Å². The van der Waals surface area contributed by atoms with E-state index in [0.29, 0.717) is 6.54 Å². The fraction of sp³-hybridized carbons (Fsp3) is 0.273.